The third kappa shape index (κ3) is 2.79. The minimum absolute atomic E-state index is 0.213. The molecule has 1 heterocycles. The predicted octanol–water partition coefficient (Wildman–Crippen LogP) is 4.26. The van der Waals surface area contributed by atoms with Gasteiger partial charge in [0, 0.05) is 5.92 Å². The Kier molecular flexibility index (Phi) is 4.53. The SMILES string of the molecule is C=C(CC)C1CC(C2=NC(CC)NN2)=C(C2CCC2)C=C1C. The Balaban J connectivity index is 1.94. The van der Waals surface area contributed by atoms with Gasteiger partial charge in [-0.15, -0.1) is 0 Å². The average Bonchev–Trinajstić information content (AvgIpc) is 2.93. The first-order valence-corrected chi connectivity index (χ1v) is 8.82. The second kappa shape index (κ2) is 6.41. The molecule has 0 bridgehead atoms. The molecule has 2 atom stereocenters. The summed E-state index contributed by atoms with van der Waals surface area (Å²) in [7, 11) is 0. The number of hydrogen-bond donors (Lipinski definition) is 2. The monoisotopic (exact) mass is 299 g/mol. The molecular weight excluding hydrogens is 270 g/mol. The third-order valence-electron chi connectivity index (χ3n) is 5.50. The second-order valence-electron chi connectivity index (χ2n) is 6.89. The number of amidine groups is 1. The summed E-state index contributed by atoms with van der Waals surface area (Å²) in [4.78, 5) is 4.84. The van der Waals surface area contributed by atoms with Gasteiger partial charge in [0.2, 0.25) is 0 Å². The summed E-state index contributed by atoms with van der Waals surface area (Å²) in [6.07, 6.45) is 9.82. The van der Waals surface area contributed by atoms with E-state index >= 15 is 0 Å². The molecule has 1 saturated carbocycles. The number of rotatable bonds is 5. The number of hydrazine groups is 1. The van der Waals surface area contributed by atoms with Crippen molar-refractivity contribution in [3.8, 4) is 0 Å². The third-order valence-corrected chi connectivity index (χ3v) is 5.50. The van der Waals surface area contributed by atoms with Gasteiger partial charge in [0.15, 0.2) is 0 Å². The normalized spacial score (nSPS) is 28.9. The first-order chi connectivity index (χ1) is 10.6. The van der Waals surface area contributed by atoms with Gasteiger partial charge in [-0.25, -0.2) is 10.4 Å². The van der Waals surface area contributed by atoms with Crippen LogP contribution in [-0.2, 0) is 0 Å². The summed E-state index contributed by atoms with van der Waals surface area (Å²) >= 11 is 0. The van der Waals surface area contributed by atoms with Gasteiger partial charge < -0.3 is 5.43 Å². The number of nitrogens with zero attached hydrogens (tertiary/aromatic N) is 1. The fraction of sp³-hybridized carbons (Fsp3) is 0.632. The summed E-state index contributed by atoms with van der Waals surface area (Å²) < 4.78 is 0. The van der Waals surface area contributed by atoms with Gasteiger partial charge in [0.1, 0.15) is 12.0 Å². The van der Waals surface area contributed by atoms with Gasteiger partial charge in [-0.3, -0.25) is 0 Å². The lowest BCUT2D eigenvalue weighted by Gasteiger charge is -2.35. The van der Waals surface area contributed by atoms with Crippen molar-refractivity contribution in [1.29, 1.82) is 0 Å². The number of nitrogens with one attached hydrogen (secondary N) is 2. The summed E-state index contributed by atoms with van der Waals surface area (Å²) in [5.74, 6) is 2.30. The van der Waals surface area contributed by atoms with Crippen LogP contribution in [0.4, 0.5) is 0 Å². The zero-order chi connectivity index (χ0) is 15.7. The molecule has 3 aliphatic rings. The second-order valence-corrected chi connectivity index (χ2v) is 6.89. The van der Waals surface area contributed by atoms with E-state index in [0.717, 1.165) is 31.0 Å². The van der Waals surface area contributed by atoms with Crippen molar-refractivity contribution in [2.45, 2.75) is 65.5 Å². The van der Waals surface area contributed by atoms with E-state index in [2.05, 4.69) is 44.3 Å². The van der Waals surface area contributed by atoms with Crippen LogP contribution in [0.5, 0.6) is 0 Å². The van der Waals surface area contributed by atoms with E-state index in [1.54, 1.807) is 0 Å². The Labute approximate surface area is 134 Å². The van der Waals surface area contributed by atoms with Crippen molar-refractivity contribution in [2.24, 2.45) is 16.8 Å². The molecule has 3 heteroatoms. The van der Waals surface area contributed by atoms with E-state index in [9.17, 15) is 0 Å². The zero-order valence-corrected chi connectivity index (χ0v) is 14.2. The van der Waals surface area contributed by atoms with Gasteiger partial charge in [-0.1, -0.05) is 44.1 Å². The Morgan fingerprint density at radius 3 is 2.68 bits per heavy atom. The summed E-state index contributed by atoms with van der Waals surface area (Å²) in [6.45, 7) is 11.0. The molecule has 22 heavy (non-hydrogen) atoms. The van der Waals surface area contributed by atoms with Gasteiger partial charge in [0.25, 0.3) is 0 Å². The minimum atomic E-state index is 0.213. The molecule has 2 aliphatic carbocycles. The molecule has 0 saturated heterocycles. The molecule has 0 radical (unpaired) electrons. The summed E-state index contributed by atoms with van der Waals surface area (Å²) in [5, 5.41) is 0. The number of hydrogen-bond acceptors (Lipinski definition) is 3. The summed E-state index contributed by atoms with van der Waals surface area (Å²) in [5.41, 5.74) is 12.4. The molecule has 0 aromatic carbocycles. The van der Waals surface area contributed by atoms with Crippen LogP contribution in [0.25, 0.3) is 0 Å². The Bertz CT molecular complexity index is 549. The molecule has 1 aliphatic heterocycles. The van der Waals surface area contributed by atoms with Crippen molar-refractivity contribution >= 4 is 5.84 Å². The van der Waals surface area contributed by atoms with Crippen molar-refractivity contribution < 1.29 is 0 Å². The molecule has 0 spiro atoms. The van der Waals surface area contributed by atoms with Crippen LogP contribution in [0.1, 0.15) is 59.3 Å². The Hall–Kier alpha value is -1.35. The lowest BCUT2D eigenvalue weighted by molar-refractivity contribution is 0.369. The summed E-state index contributed by atoms with van der Waals surface area (Å²) in [6, 6.07) is 0. The van der Waals surface area contributed by atoms with Crippen LogP contribution in [0.2, 0.25) is 0 Å². The van der Waals surface area contributed by atoms with Crippen LogP contribution in [0, 0.1) is 11.8 Å². The average molecular weight is 299 g/mol. The van der Waals surface area contributed by atoms with Crippen molar-refractivity contribution in [1.82, 2.24) is 10.9 Å². The maximum absolute atomic E-state index is 4.84. The molecule has 1 fully saturated rings. The van der Waals surface area contributed by atoms with Crippen LogP contribution < -0.4 is 10.9 Å². The Morgan fingerprint density at radius 2 is 2.14 bits per heavy atom. The van der Waals surface area contributed by atoms with Crippen molar-refractivity contribution in [3.63, 3.8) is 0 Å². The fourth-order valence-corrected chi connectivity index (χ4v) is 3.66. The number of aliphatic imine (C=N–C) groups is 1. The molecule has 120 valence electrons. The predicted molar refractivity (Wildman–Crippen MR) is 93.4 cm³/mol. The topological polar surface area (TPSA) is 36.4 Å². The molecular formula is C19H29N3. The van der Waals surface area contributed by atoms with Gasteiger partial charge >= 0.3 is 0 Å². The minimum Gasteiger partial charge on any atom is -0.304 e. The Morgan fingerprint density at radius 1 is 1.36 bits per heavy atom. The van der Waals surface area contributed by atoms with E-state index in [1.165, 1.54) is 41.6 Å². The first kappa shape index (κ1) is 15.5. The first-order valence-electron chi connectivity index (χ1n) is 8.82. The molecule has 2 N–H and O–H groups in total. The van der Waals surface area contributed by atoms with Crippen LogP contribution in [-0.4, -0.2) is 12.0 Å². The van der Waals surface area contributed by atoms with Gasteiger partial charge in [-0.05, 0) is 56.1 Å². The maximum Gasteiger partial charge on any atom is 0.140 e. The van der Waals surface area contributed by atoms with Crippen LogP contribution >= 0.6 is 0 Å². The lowest BCUT2D eigenvalue weighted by Crippen LogP contribution is -2.36. The van der Waals surface area contributed by atoms with Gasteiger partial charge in [-0.2, -0.15) is 0 Å². The highest BCUT2D eigenvalue weighted by Crippen LogP contribution is 2.43. The number of allylic oxidation sites excluding steroid dienone is 4. The molecule has 3 rings (SSSR count). The highest BCUT2D eigenvalue weighted by molar-refractivity contribution is 6.00. The van der Waals surface area contributed by atoms with Crippen molar-refractivity contribution in [3.05, 3.63) is 34.9 Å². The molecule has 0 amide bonds. The quantitative estimate of drug-likeness (QED) is 0.744. The molecule has 0 aromatic rings. The molecule has 0 aromatic heterocycles. The zero-order valence-electron chi connectivity index (χ0n) is 14.2. The van der Waals surface area contributed by atoms with Crippen LogP contribution in [0.15, 0.2) is 39.9 Å². The van der Waals surface area contributed by atoms with E-state index in [4.69, 9.17) is 4.99 Å². The van der Waals surface area contributed by atoms with E-state index in [1.807, 2.05) is 0 Å². The van der Waals surface area contributed by atoms with Crippen LogP contribution in [0.3, 0.4) is 0 Å². The smallest absolute Gasteiger partial charge is 0.140 e. The standard InChI is InChI=1S/C19H29N3/c1-5-12(3)15-11-17(19-20-18(6-2)21-22-19)16(10-13(15)4)14-8-7-9-14/h10,14-15,18,21H,3,5-9,11H2,1-2,4H3,(H,20,22). The van der Waals surface area contributed by atoms with Gasteiger partial charge in [0.05, 0.1) is 0 Å². The van der Waals surface area contributed by atoms with E-state index in [-0.39, 0.29) is 6.17 Å². The largest absolute Gasteiger partial charge is 0.304 e. The lowest BCUT2D eigenvalue weighted by atomic mass is 9.71. The highest BCUT2D eigenvalue weighted by Gasteiger charge is 2.32. The highest BCUT2D eigenvalue weighted by atomic mass is 15.5. The maximum atomic E-state index is 4.84. The van der Waals surface area contributed by atoms with E-state index in [0.29, 0.717) is 5.92 Å². The van der Waals surface area contributed by atoms with E-state index < -0.39 is 0 Å². The van der Waals surface area contributed by atoms with Crippen molar-refractivity contribution in [2.75, 3.05) is 0 Å². The molecule has 2 unspecified atom stereocenters. The fourth-order valence-electron chi connectivity index (χ4n) is 3.66. The molecule has 3 nitrogen and oxygen atoms in total.